The molecule has 1 unspecified atom stereocenters. The molecule has 6 heteroatoms. The number of amides is 1. The molecule has 0 aromatic heterocycles. The fourth-order valence-electron chi connectivity index (χ4n) is 3.12. The second kappa shape index (κ2) is 8.01. The summed E-state index contributed by atoms with van der Waals surface area (Å²) in [5, 5.41) is 9.55. The smallest absolute Gasteiger partial charge is 0.312 e. The van der Waals surface area contributed by atoms with E-state index in [2.05, 4.69) is 0 Å². The molecule has 6 nitrogen and oxygen atoms in total. The average molecular weight is 355 g/mol. The highest BCUT2D eigenvalue weighted by Gasteiger charge is 2.32. The highest BCUT2D eigenvalue weighted by atomic mass is 16.5. The van der Waals surface area contributed by atoms with Crippen LogP contribution in [0.5, 0.6) is 5.75 Å². The Morgan fingerprint density at radius 3 is 2.73 bits per heavy atom. The molecule has 1 amide bonds. The first-order chi connectivity index (χ1) is 12.6. The van der Waals surface area contributed by atoms with E-state index in [1.165, 1.54) is 0 Å². The Kier molecular flexibility index (Phi) is 5.53. The number of benzene rings is 2. The summed E-state index contributed by atoms with van der Waals surface area (Å²) in [6, 6.07) is 14.3. The van der Waals surface area contributed by atoms with E-state index in [1.54, 1.807) is 36.3 Å². The molecule has 136 valence electrons. The number of rotatable bonds is 6. The summed E-state index contributed by atoms with van der Waals surface area (Å²) in [4.78, 5) is 26.1. The minimum atomic E-state index is -0.924. The first-order valence-corrected chi connectivity index (χ1v) is 8.42. The fraction of sp³-hybridized carbons (Fsp3) is 0.300. The second-order valence-corrected chi connectivity index (χ2v) is 6.14. The predicted octanol–water partition coefficient (Wildman–Crippen LogP) is 2.54. The molecule has 2 aromatic carbocycles. The maximum atomic E-state index is 12.9. The molecule has 1 atom stereocenters. The number of hydrogen-bond acceptors (Lipinski definition) is 4. The number of aliphatic carboxylic acids is 1. The van der Waals surface area contributed by atoms with Crippen LogP contribution in [0.15, 0.2) is 48.5 Å². The van der Waals surface area contributed by atoms with Crippen LogP contribution in [0.25, 0.3) is 0 Å². The number of carbonyl (C=O) groups excluding carboxylic acids is 1. The lowest BCUT2D eigenvalue weighted by Crippen LogP contribution is -2.40. The van der Waals surface area contributed by atoms with Gasteiger partial charge in [0.2, 0.25) is 0 Å². The molecule has 0 aliphatic carbocycles. The van der Waals surface area contributed by atoms with E-state index in [9.17, 15) is 14.7 Å². The van der Waals surface area contributed by atoms with Gasteiger partial charge in [0.25, 0.3) is 5.91 Å². The summed E-state index contributed by atoms with van der Waals surface area (Å²) >= 11 is 0. The second-order valence-electron chi connectivity index (χ2n) is 6.14. The molecular formula is C20H21NO5. The van der Waals surface area contributed by atoms with Crippen LogP contribution in [-0.2, 0) is 16.1 Å². The highest BCUT2D eigenvalue weighted by molar-refractivity contribution is 5.95. The molecule has 1 heterocycles. The highest BCUT2D eigenvalue weighted by Crippen LogP contribution is 2.29. The molecule has 0 saturated carbocycles. The van der Waals surface area contributed by atoms with Gasteiger partial charge in [-0.15, -0.1) is 0 Å². The van der Waals surface area contributed by atoms with E-state index < -0.39 is 11.9 Å². The summed E-state index contributed by atoms with van der Waals surface area (Å²) in [5.41, 5.74) is 2.12. The summed E-state index contributed by atoms with van der Waals surface area (Å²) in [7, 11) is 1.59. The van der Waals surface area contributed by atoms with Crippen molar-refractivity contribution in [2.45, 2.75) is 12.5 Å². The average Bonchev–Trinajstić information content (AvgIpc) is 2.67. The molecule has 0 bridgehead atoms. The van der Waals surface area contributed by atoms with E-state index in [1.807, 2.05) is 24.3 Å². The summed E-state index contributed by atoms with van der Waals surface area (Å²) in [6.45, 7) is 1.40. The van der Waals surface area contributed by atoms with Crippen LogP contribution in [0.4, 0.5) is 0 Å². The molecule has 0 spiro atoms. The lowest BCUT2D eigenvalue weighted by Gasteiger charge is -2.33. The summed E-state index contributed by atoms with van der Waals surface area (Å²) in [5.74, 6) is -1.26. The third-order valence-electron chi connectivity index (χ3n) is 4.42. The molecule has 1 aliphatic heterocycles. The van der Waals surface area contributed by atoms with Gasteiger partial charge in [-0.05, 0) is 29.3 Å². The standard InChI is InChI=1S/C20H21NO5/c1-25-9-10-26-16-7-4-6-14(11-16)19(22)21-12-15-5-2-3-8-17(15)18(13-21)20(23)24/h2-8,11,18H,9-10,12-13H2,1H3,(H,23,24). The number of hydrogen-bond donors (Lipinski definition) is 1. The third-order valence-corrected chi connectivity index (χ3v) is 4.42. The van der Waals surface area contributed by atoms with E-state index in [0.717, 1.165) is 11.1 Å². The van der Waals surface area contributed by atoms with Crippen molar-refractivity contribution >= 4 is 11.9 Å². The normalized spacial score (nSPS) is 16.0. The molecule has 0 fully saturated rings. The van der Waals surface area contributed by atoms with E-state index >= 15 is 0 Å². The Morgan fingerprint density at radius 1 is 1.15 bits per heavy atom. The van der Waals surface area contributed by atoms with Gasteiger partial charge in [0.05, 0.1) is 12.5 Å². The van der Waals surface area contributed by atoms with E-state index in [-0.39, 0.29) is 12.5 Å². The monoisotopic (exact) mass is 355 g/mol. The zero-order valence-corrected chi connectivity index (χ0v) is 14.6. The lowest BCUT2D eigenvalue weighted by molar-refractivity contribution is -0.139. The predicted molar refractivity (Wildman–Crippen MR) is 95.4 cm³/mol. The molecular weight excluding hydrogens is 334 g/mol. The Hall–Kier alpha value is -2.86. The Balaban J connectivity index is 1.80. The van der Waals surface area contributed by atoms with Crippen LogP contribution in [0.1, 0.15) is 27.4 Å². The number of fused-ring (bicyclic) bond motifs is 1. The first-order valence-electron chi connectivity index (χ1n) is 8.42. The van der Waals surface area contributed by atoms with Crippen LogP contribution >= 0.6 is 0 Å². The Morgan fingerprint density at radius 2 is 1.96 bits per heavy atom. The number of carboxylic acids is 1. The lowest BCUT2D eigenvalue weighted by atomic mass is 9.89. The zero-order valence-electron chi connectivity index (χ0n) is 14.6. The SMILES string of the molecule is COCCOc1cccc(C(=O)N2Cc3ccccc3C(C(=O)O)C2)c1. The third kappa shape index (κ3) is 3.86. The van der Waals surface area contributed by atoms with Crippen molar-refractivity contribution in [3.05, 3.63) is 65.2 Å². The Bertz CT molecular complexity index is 804. The van der Waals surface area contributed by atoms with Crippen LogP contribution in [0, 0.1) is 0 Å². The number of nitrogens with zero attached hydrogens (tertiary/aromatic N) is 1. The van der Waals surface area contributed by atoms with Crippen molar-refractivity contribution in [1.29, 1.82) is 0 Å². The topological polar surface area (TPSA) is 76.1 Å². The van der Waals surface area contributed by atoms with Gasteiger partial charge in [-0.1, -0.05) is 30.3 Å². The van der Waals surface area contributed by atoms with Gasteiger partial charge in [-0.25, -0.2) is 0 Å². The minimum absolute atomic E-state index is 0.153. The largest absolute Gasteiger partial charge is 0.491 e. The van der Waals surface area contributed by atoms with Gasteiger partial charge in [0, 0.05) is 25.8 Å². The fourth-order valence-corrected chi connectivity index (χ4v) is 3.12. The van der Waals surface area contributed by atoms with Crippen molar-refractivity contribution in [2.75, 3.05) is 26.9 Å². The molecule has 0 radical (unpaired) electrons. The van der Waals surface area contributed by atoms with Gasteiger partial charge >= 0.3 is 5.97 Å². The Labute approximate surface area is 152 Å². The molecule has 1 N–H and O–H groups in total. The van der Waals surface area contributed by atoms with E-state index in [4.69, 9.17) is 9.47 Å². The maximum absolute atomic E-state index is 12.9. The number of carbonyl (C=O) groups is 2. The van der Waals surface area contributed by atoms with Gasteiger partial charge in [0.15, 0.2) is 0 Å². The molecule has 2 aromatic rings. The van der Waals surface area contributed by atoms with Gasteiger partial charge in [-0.3, -0.25) is 9.59 Å². The molecule has 1 aliphatic rings. The van der Waals surface area contributed by atoms with Gasteiger partial charge in [-0.2, -0.15) is 0 Å². The van der Waals surface area contributed by atoms with Crippen molar-refractivity contribution < 1.29 is 24.2 Å². The number of methoxy groups -OCH3 is 1. The molecule has 0 saturated heterocycles. The van der Waals surface area contributed by atoms with Crippen molar-refractivity contribution in [3.8, 4) is 5.75 Å². The van der Waals surface area contributed by atoms with Crippen LogP contribution in [0.2, 0.25) is 0 Å². The summed E-state index contributed by atoms with van der Waals surface area (Å²) < 4.78 is 10.5. The van der Waals surface area contributed by atoms with Crippen molar-refractivity contribution in [2.24, 2.45) is 0 Å². The van der Waals surface area contributed by atoms with Crippen LogP contribution in [-0.4, -0.2) is 48.8 Å². The van der Waals surface area contributed by atoms with Crippen molar-refractivity contribution in [3.63, 3.8) is 0 Å². The number of ether oxygens (including phenoxy) is 2. The van der Waals surface area contributed by atoms with Crippen LogP contribution < -0.4 is 4.74 Å². The minimum Gasteiger partial charge on any atom is -0.491 e. The first kappa shape index (κ1) is 17.9. The summed E-state index contributed by atoms with van der Waals surface area (Å²) in [6.07, 6.45) is 0. The maximum Gasteiger partial charge on any atom is 0.312 e. The van der Waals surface area contributed by atoms with Crippen molar-refractivity contribution in [1.82, 2.24) is 4.90 Å². The zero-order chi connectivity index (χ0) is 18.5. The number of carboxylic acid groups (broad SMARTS) is 1. The molecule has 3 rings (SSSR count). The van der Waals surface area contributed by atoms with Crippen LogP contribution in [0.3, 0.4) is 0 Å². The quantitative estimate of drug-likeness (QED) is 0.806. The van der Waals surface area contributed by atoms with Gasteiger partial charge in [0.1, 0.15) is 12.4 Å². The van der Waals surface area contributed by atoms with Gasteiger partial charge < -0.3 is 19.5 Å². The van der Waals surface area contributed by atoms with E-state index in [0.29, 0.717) is 31.1 Å². The molecule has 26 heavy (non-hydrogen) atoms.